The lowest BCUT2D eigenvalue weighted by atomic mass is 10.1. The molecule has 142 valence electrons. The largest absolute Gasteiger partial charge is 0.455 e. The summed E-state index contributed by atoms with van der Waals surface area (Å²) in [5, 5.41) is 5.00. The number of hydrogen-bond donors (Lipinski definition) is 2. The van der Waals surface area contributed by atoms with E-state index in [-0.39, 0.29) is 12.3 Å². The summed E-state index contributed by atoms with van der Waals surface area (Å²) in [5.74, 6) is -1.24. The van der Waals surface area contributed by atoms with Crippen LogP contribution >= 0.6 is 15.9 Å². The summed E-state index contributed by atoms with van der Waals surface area (Å²) >= 11 is 3.30. The number of ether oxygens (including phenoxy) is 1. The molecule has 0 heterocycles. The van der Waals surface area contributed by atoms with Crippen LogP contribution < -0.4 is 10.6 Å². The fourth-order valence-corrected chi connectivity index (χ4v) is 2.10. The van der Waals surface area contributed by atoms with E-state index in [9.17, 15) is 14.4 Å². The molecule has 0 fully saturated rings. The van der Waals surface area contributed by atoms with E-state index in [1.807, 2.05) is 6.92 Å². The number of carbonyl (C=O) groups is 3. The zero-order chi connectivity index (χ0) is 19.7. The van der Waals surface area contributed by atoms with Crippen LogP contribution in [-0.2, 0) is 14.3 Å². The van der Waals surface area contributed by atoms with Gasteiger partial charge in [0.05, 0.1) is 0 Å². The van der Waals surface area contributed by atoms with Crippen LogP contribution in [0, 0.1) is 0 Å². The molecule has 0 radical (unpaired) electrons. The summed E-state index contributed by atoms with van der Waals surface area (Å²) in [6.45, 7) is 6.77. The number of aliphatic imine (C=N–C) groups is 1. The van der Waals surface area contributed by atoms with Gasteiger partial charge in [-0.3, -0.25) is 4.79 Å². The van der Waals surface area contributed by atoms with Crippen LogP contribution in [0.3, 0.4) is 0 Å². The molecule has 2 N–H and O–H groups in total. The number of amides is 3. The van der Waals surface area contributed by atoms with Crippen molar-refractivity contribution in [2.45, 2.75) is 46.1 Å². The molecule has 0 saturated carbocycles. The topological polar surface area (TPSA) is 96.9 Å². The van der Waals surface area contributed by atoms with E-state index in [4.69, 9.17) is 4.74 Å². The minimum absolute atomic E-state index is 0.0579. The lowest BCUT2D eigenvalue weighted by molar-refractivity contribution is -0.146. The van der Waals surface area contributed by atoms with E-state index < -0.39 is 23.5 Å². The Morgan fingerprint density at radius 2 is 1.77 bits per heavy atom. The van der Waals surface area contributed by atoms with Gasteiger partial charge in [-0.15, -0.1) is 0 Å². The van der Waals surface area contributed by atoms with Crippen molar-refractivity contribution < 1.29 is 19.1 Å². The number of carbonyl (C=O) groups excluding carboxylic acids is 3. The van der Waals surface area contributed by atoms with Gasteiger partial charge in [0.2, 0.25) is 0 Å². The zero-order valence-electron chi connectivity index (χ0n) is 15.4. The third-order valence-electron chi connectivity index (χ3n) is 2.88. The SMILES string of the molecule is CCCC(=NC(=O)CNC(=O)Nc1ccc(Br)cc1)C(=O)OC(C)(C)C. The maximum absolute atomic E-state index is 12.1. The number of nitrogens with one attached hydrogen (secondary N) is 2. The first-order valence-electron chi connectivity index (χ1n) is 8.25. The minimum Gasteiger partial charge on any atom is -0.455 e. The van der Waals surface area contributed by atoms with Crippen LogP contribution in [0.25, 0.3) is 0 Å². The Kier molecular flexibility index (Phi) is 8.44. The summed E-state index contributed by atoms with van der Waals surface area (Å²) in [4.78, 5) is 39.6. The van der Waals surface area contributed by atoms with Gasteiger partial charge in [-0.05, 0) is 51.5 Å². The molecule has 7 nitrogen and oxygen atoms in total. The Bertz CT molecular complexity index is 679. The van der Waals surface area contributed by atoms with E-state index in [1.165, 1.54) is 0 Å². The number of urea groups is 1. The predicted molar refractivity (Wildman–Crippen MR) is 104 cm³/mol. The number of anilines is 1. The molecular weight excluding hydrogens is 402 g/mol. The number of hydrogen-bond acceptors (Lipinski definition) is 4. The maximum Gasteiger partial charge on any atom is 0.353 e. The normalized spacial score (nSPS) is 11.7. The molecule has 0 aromatic heterocycles. The van der Waals surface area contributed by atoms with E-state index in [2.05, 4.69) is 31.6 Å². The van der Waals surface area contributed by atoms with Crippen molar-refractivity contribution in [2.75, 3.05) is 11.9 Å². The Hall–Kier alpha value is -2.22. The summed E-state index contributed by atoms with van der Waals surface area (Å²) in [5.41, 5.74) is -0.0260. The average molecular weight is 426 g/mol. The molecular formula is C18H24BrN3O4. The Balaban J connectivity index is 2.60. The van der Waals surface area contributed by atoms with Crippen LogP contribution in [0.1, 0.15) is 40.5 Å². The maximum atomic E-state index is 12.1. The number of halogens is 1. The van der Waals surface area contributed by atoms with Gasteiger partial charge < -0.3 is 15.4 Å². The van der Waals surface area contributed by atoms with Crippen molar-refractivity contribution >= 4 is 45.2 Å². The Morgan fingerprint density at radius 1 is 1.15 bits per heavy atom. The quantitative estimate of drug-likeness (QED) is 0.536. The van der Waals surface area contributed by atoms with Crippen molar-refractivity contribution in [3.05, 3.63) is 28.7 Å². The molecule has 0 saturated heterocycles. The van der Waals surface area contributed by atoms with Gasteiger partial charge in [0.25, 0.3) is 5.91 Å². The van der Waals surface area contributed by atoms with Crippen LogP contribution in [0.15, 0.2) is 33.7 Å². The van der Waals surface area contributed by atoms with E-state index in [1.54, 1.807) is 45.0 Å². The summed E-state index contributed by atoms with van der Waals surface area (Å²) in [6.07, 6.45) is 0.967. The molecule has 1 rings (SSSR count). The monoisotopic (exact) mass is 425 g/mol. The number of benzene rings is 1. The second-order valence-corrected chi connectivity index (χ2v) is 7.43. The molecule has 0 aliphatic rings. The van der Waals surface area contributed by atoms with Crippen molar-refractivity contribution in [3.63, 3.8) is 0 Å². The summed E-state index contributed by atoms with van der Waals surface area (Å²) in [7, 11) is 0. The molecule has 0 bridgehead atoms. The Labute approximate surface area is 161 Å². The zero-order valence-corrected chi connectivity index (χ0v) is 17.0. The highest BCUT2D eigenvalue weighted by Crippen LogP contribution is 2.13. The molecule has 0 spiro atoms. The Morgan fingerprint density at radius 3 is 2.31 bits per heavy atom. The highest BCUT2D eigenvalue weighted by Gasteiger charge is 2.21. The fraction of sp³-hybridized carbons (Fsp3) is 0.444. The number of esters is 1. The smallest absolute Gasteiger partial charge is 0.353 e. The van der Waals surface area contributed by atoms with Gasteiger partial charge in [0.15, 0.2) is 0 Å². The van der Waals surface area contributed by atoms with Gasteiger partial charge in [-0.2, -0.15) is 0 Å². The third-order valence-corrected chi connectivity index (χ3v) is 3.41. The molecule has 0 aliphatic carbocycles. The standard InChI is InChI=1S/C18H24BrN3O4/c1-5-6-14(16(24)26-18(2,3)4)22-15(23)11-20-17(25)21-13-9-7-12(19)8-10-13/h7-10H,5-6,11H2,1-4H3,(H2,20,21,25). The number of rotatable bonds is 6. The third kappa shape index (κ3) is 8.75. The first-order chi connectivity index (χ1) is 12.1. The molecule has 26 heavy (non-hydrogen) atoms. The van der Waals surface area contributed by atoms with Gasteiger partial charge in [-0.1, -0.05) is 29.3 Å². The molecule has 1 aromatic carbocycles. The molecule has 1 aromatic rings. The summed E-state index contributed by atoms with van der Waals surface area (Å²) in [6, 6.07) is 6.45. The number of nitrogens with zero attached hydrogens (tertiary/aromatic N) is 1. The van der Waals surface area contributed by atoms with Gasteiger partial charge in [0, 0.05) is 10.2 Å². The molecule has 0 atom stereocenters. The molecule has 8 heteroatoms. The molecule has 3 amide bonds. The van der Waals surface area contributed by atoms with Crippen LogP contribution in [0.5, 0.6) is 0 Å². The second-order valence-electron chi connectivity index (χ2n) is 6.52. The average Bonchev–Trinajstić information content (AvgIpc) is 2.53. The van der Waals surface area contributed by atoms with Crippen molar-refractivity contribution in [2.24, 2.45) is 4.99 Å². The van der Waals surface area contributed by atoms with E-state index in [0.717, 1.165) is 4.47 Å². The van der Waals surface area contributed by atoms with Crippen LogP contribution in [0.4, 0.5) is 10.5 Å². The molecule has 0 aliphatic heterocycles. The van der Waals surface area contributed by atoms with Crippen molar-refractivity contribution in [1.82, 2.24) is 5.32 Å². The lowest BCUT2D eigenvalue weighted by Crippen LogP contribution is -2.34. The first-order valence-corrected chi connectivity index (χ1v) is 9.04. The highest BCUT2D eigenvalue weighted by molar-refractivity contribution is 9.10. The van der Waals surface area contributed by atoms with Gasteiger partial charge in [0.1, 0.15) is 17.9 Å². The fourth-order valence-electron chi connectivity index (χ4n) is 1.83. The van der Waals surface area contributed by atoms with Crippen LogP contribution in [-0.4, -0.2) is 35.8 Å². The lowest BCUT2D eigenvalue weighted by Gasteiger charge is -2.19. The summed E-state index contributed by atoms with van der Waals surface area (Å²) < 4.78 is 6.13. The minimum atomic E-state index is -0.669. The van der Waals surface area contributed by atoms with Gasteiger partial charge in [-0.25, -0.2) is 14.6 Å². The van der Waals surface area contributed by atoms with Crippen molar-refractivity contribution in [1.29, 1.82) is 0 Å². The van der Waals surface area contributed by atoms with E-state index in [0.29, 0.717) is 18.5 Å². The van der Waals surface area contributed by atoms with Gasteiger partial charge >= 0.3 is 12.0 Å². The second kappa shape index (κ2) is 10.1. The van der Waals surface area contributed by atoms with Crippen LogP contribution in [0.2, 0.25) is 0 Å². The predicted octanol–water partition coefficient (Wildman–Crippen LogP) is 3.68. The highest BCUT2D eigenvalue weighted by atomic mass is 79.9. The molecule has 0 unspecified atom stereocenters. The first kappa shape index (κ1) is 21.8. The van der Waals surface area contributed by atoms with E-state index >= 15 is 0 Å². The van der Waals surface area contributed by atoms with Crippen molar-refractivity contribution in [3.8, 4) is 0 Å².